The average molecular weight is 272 g/mol. The van der Waals surface area contributed by atoms with Gasteiger partial charge in [0.05, 0.1) is 5.69 Å². The second kappa shape index (κ2) is 2.73. The Labute approximate surface area is 84.8 Å². The summed E-state index contributed by atoms with van der Waals surface area (Å²) in [6.45, 7) is 4.12. The lowest BCUT2D eigenvalue weighted by atomic mass is 10.3. The maximum absolute atomic E-state index is 4.41. The summed E-state index contributed by atoms with van der Waals surface area (Å²) in [5.41, 5.74) is 3.39. The molecule has 0 aliphatic rings. The highest BCUT2D eigenvalue weighted by Gasteiger charge is 2.03. The van der Waals surface area contributed by atoms with Gasteiger partial charge < -0.3 is 0 Å². The van der Waals surface area contributed by atoms with Crippen LogP contribution in [-0.4, -0.2) is 9.38 Å². The van der Waals surface area contributed by atoms with Crippen molar-refractivity contribution in [3.63, 3.8) is 0 Å². The van der Waals surface area contributed by atoms with Gasteiger partial charge in [0.2, 0.25) is 0 Å². The van der Waals surface area contributed by atoms with Crippen molar-refractivity contribution < 1.29 is 0 Å². The number of pyridine rings is 1. The molecule has 62 valence electrons. The van der Waals surface area contributed by atoms with Crippen LogP contribution in [0.25, 0.3) is 5.65 Å². The fourth-order valence-electron chi connectivity index (χ4n) is 1.24. The standard InChI is InChI=1S/C9H9IN2/c1-6-3-4-8-11-7(2)9(10)12(8)5-6/h3-5H,1-2H3. The van der Waals surface area contributed by atoms with E-state index >= 15 is 0 Å². The molecule has 0 radical (unpaired) electrons. The molecule has 12 heavy (non-hydrogen) atoms. The van der Waals surface area contributed by atoms with Gasteiger partial charge >= 0.3 is 0 Å². The number of hydrogen-bond acceptors (Lipinski definition) is 1. The van der Waals surface area contributed by atoms with Crippen LogP contribution < -0.4 is 0 Å². The Hall–Kier alpha value is -0.580. The van der Waals surface area contributed by atoms with E-state index < -0.39 is 0 Å². The van der Waals surface area contributed by atoms with Crippen LogP contribution in [0, 0.1) is 17.5 Å². The smallest absolute Gasteiger partial charge is 0.137 e. The fourth-order valence-corrected chi connectivity index (χ4v) is 1.75. The Kier molecular flexibility index (Phi) is 1.83. The zero-order valence-electron chi connectivity index (χ0n) is 7.00. The average Bonchev–Trinajstić information content (AvgIpc) is 2.31. The van der Waals surface area contributed by atoms with Gasteiger partial charge in [-0.1, -0.05) is 6.07 Å². The van der Waals surface area contributed by atoms with Crippen molar-refractivity contribution in [1.82, 2.24) is 9.38 Å². The molecule has 0 N–H and O–H groups in total. The van der Waals surface area contributed by atoms with E-state index in [4.69, 9.17) is 0 Å². The molecule has 0 spiro atoms. The number of imidazole rings is 1. The summed E-state index contributed by atoms with van der Waals surface area (Å²) in [4.78, 5) is 4.41. The molecule has 0 saturated carbocycles. The summed E-state index contributed by atoms with van der Waals surface area (Å²) in [5.74, 6) is 0. The molecule has 2 nitrogen and oxygen atoms in total. The largest absolute Gasteiger partial charge is 0.294 e. The summed E-state index contributed by atoms with van der Waals surface area (Å²) in [7, 11) is 0. The highest BCUT2D eigenvalue weighted by molar-refractivity contribution is 14.1. The number of nitrogens with zero attached hydrogens (tertiary/aromatic N) is 2. The molecule has 0 atom stereocenters. The van der Waals surface area contributed by atoms with E-state index in [0.29, 0.717) is 0 Å². The van der Waals surface area contributed by atoms with Crippen LogP contribution in [0.3, 0.4) is 0 Å². The van der Waals surface area contributed by atoms with E-state index in [1.807, 2.05) is 13.0 Å². The predicted octanol–water partition coefficient (Wildman–Crippen LogP) is 2.56. The SMILES string of the molecule is Cc1ccc2nc(C)c(I)n2c1. The normalized spacial score (nSPS) is 10.9. The van der Waals surface area contributed by atoms with Crippen molar-refractivity contribution in [3.05, 3.63) is 33.3 Å². The Balaban J connectivity index is 2.88. The number of halogens is 1. The molecule has 0 bridgehead atoms. The first kappa shape index (κ1) is 8.04. The van der Waals surface area contributed by atoms with Gasteiger partial charge in [-0.25, -0.2) is 4.98 Å². The minimum absolute atomic E-state index is 1.03. The van der Waals surface area contributed by atoms with Gasteiger partial charge in [0, 0.05) is 6.20 Å². The van der Waals surface area contributed by atoms with Crippen LogP contribution in [-0.2, 0) is 0 Å². The van der Waals surface area contributed by atoms with Crippen molar-refractivity contribution >= 4 is 28.2 Å². The lowest BCUT2D eigenvalue weighted by molar-refractivity contribution is 1.12. The lowest BCUT2D eigenvalue weighted by Gasteiger charge is -1.95. The summed E-state index contributed by atoms with van der Waals surface area (Å²) >= 11 is 2.31. The first-order valence-electron chi connectivity index (χ1n) is 3.79. The van der Waals surface area contributed by atoms with Gasteiger partial charge in [0.1, 0.15) is 9.35 Å². The van der Waals surface area contributed by atoms with Gasteiger partial charge in [0.25, 0.3) is 0 Å². The predicted molar refractivity (Wildman–Crippen MR) is 57.4 cm³/mol. The fraction of sp³-hybridized carbons (Fsp3) is 0.222. The van der Waals surface area contributed by atoms with E-state index in [-0.39, 0.29) is 0 Å². The molecule has 0 fully saturated rings. The molecular formula is C9H9IN2. The van der Waals surface area contributed by atoms with Gasteiger partial charge in [-0.05, 0) is 48.1 Å². The summed E-state index contributed by atoms with van der Waals surface area (Å²) in [6, 6.07) is 4.13. The molecule has 0 amide bonds. The monoisotopic (exact) mass is 272 g/mol. The van der Waals surface area contributed by atoms with Crippen LogP contribution in [0.15, 0.2) is 18.3 Å². The third-order valence-corrected chi connectivity index (χ3v) is 3.17. The van der Waals surface area contributed by atoms with Crippen molar-refractivity contribution in [1.29, 1.82) is 0 Å². The van der Waals surface area contributed by atoms with Crippen LogP contribution in [0.4, 0.5) is 0 Å². The molecule has 2 heterocycles. The Morgan fingerprint density at radius 2 is 2.08 bits per heavy atom. The molecule has 0 aromatic carbocycles. The molecular weight excluding hydrogens is 263 g/mol. The highest BCUT2D eigenvalue weighted by atomic mass is 127. The number of rotatable bonds is 0. The van der Waals surface area contributed by atoms with Crippen molar-refractivity contribution in [3.8, 4) is 0 Å². The van der Waals surface area contributed by atoms with Gasteiger partial charge in [-0.2, -0.15) is 0 Å². The molecule has 3 heteroatoms. The maximum atomic E-state index is 4.41. The second-order valence-electron chi connectivity index (χ2n) is 2.92. The zero-order chi connectivity index (χ0) is 8.72. The second-order valence-corrected chi connectivity index (χ2v) is 3.94. The summed E-state index contributed by atoms with van der Waals surface area (Å²) in [5, 5.41) is 0. The topological polar surface area (TPSA) is 17.3 Å². The Bertz CT molecular complexity index is 431. The minimum atomic E-state index is 1.03. The summed E-state index contributed by atoms with van der Waals surface area (Å²) in [6.07, 6.45) is 2.11. The zero-order valence-corrected chi connectivity index (χ0v) is 9.16. The maximum Gasteiger partial charge on any atom is 0.137 e. The summed E-state index contributed by atoms with van der Waals surface area (Å²) < 4.78 is 3.32. The number of aromatic nitrogens is 2. The van der Waals surface area contributed by atoms with Crippen molar-refractivity contribution in [2.24, 2.45) is 0 Å². The third kappa shape index (κ3) is 1.12. The van der Waals surface area contributed by atoms with E-state index in [1.54, 1.807) is 0 Å². The van der Waals surface area contributed by atoms with Gasteiger partial charge in [0.15, 0.2) is 0 Å². The first-order valence-corrected chi connectivity index (χ1v) is 4.87. The van der Waals surface area contributed by atoms with Crippen LogP contribution in [0.2, 0.25) is 0 Å². The lowest BCUT2D eigenvalue weighted by Crippen LogP contribution is -1.87. The molecule has 0 saturated heterocycles. The molecule has 2 aromatic heterocycles. The van der Waals surface area contributed by atoms with Crippen molar-refractivity contribution in [2.75, 3.05) is 0 Å². The van der Waals surface area contributed by atoms with E-state index in [2.05, 4.69) is 51.2 Å². The van der Waals surface area contributed by atoms with Crippen LogP contribution >= 0.6 is 22.6 Å². The Morgan fingerprint density at radius 3 is 2.83 bits per heavy atom. The molecule has 2 aromatic rings. The van der Waals surface area contributed by atoms with Crippen LogP contribution in [0.1, 0.15) is 11.3 Å². The third-order valence-electron chi connectivity index (χ3n) is 1.87. The quantitative estimate of drug-likeness (QED) is 0.674. The highest BCUT2D eigenvalue weighted by Crippen LogP contribution is 2.14. The number of fused-ring (bicyclic) bond motifs is 1. The van der Waals surface area contributed by atoms with E-state index in [9.17, 15) is 0 Å². The first-order chi connectivity index (χ1) is 5.68. The van der Waals surface area contributed by atoms with E-state index in [0.717, 1.165) is 11.3 Å². The molecule has 0 unspecified atom stereocenters. The number of aryl methyl sites for hydroxylation is 2. The molecule has 0 aliphatic heterocycles. The molecule has 2 rings (SSSR count). The minimum Gasteiger partial charge on any atom is -0.294 e. The van der Waals surface area contributed by atoms with Gasteiger partial charge in [-0.15, -0.1) is 0 Å². The van der Waals surface area contributed by atoms with Crippen LogP contribution in [0.5, 0.6) is 0 Å². The van der Waals surface area contributed by atoms with Crippen molar-refractivity contribution in [2.45, 2.75) is 13.8 Å². The number of hydrogen-bond donors (Lipinski definition) is 0. The Morgan fingerprint density at radius 1 is 1.33 bits per heavy atom. The molecule has 0 aliphatic carbocycles. The van der Waals surface area contributed by atoms with E-state index in [1.165, 1.54) is 9.26 Å². The van der Waals surface area contributed by atoms with Gasteiger partial charge in [-0.3, -0.25) is 4.40 Å².